The number of nitrogens with one attached hydrogen (secondary N) is 1. The maximum absolute atomic E-state index is 12.8. The van der Waals surface area contributed by atoms with Crippen molar-refractivity contribution in [3.63, 3.8) is 0 Å². The molecule has 2 fully saturated rings. The summed E-state index contributed by atoms with van der Waals surface area (Å²) in [6.07, 6.45) is 5.29. The van der Waals surface area contributed by atoms with E-state index in [1.54, 1.807) is 6.20 Å². The fraction of sp³-hybridized carbons (Fsp3) is 0.478. The monoisotopic (exact) mass is 447 g/mol. The van der Waals surface area contributed by atoms with Gasteiger partial charge in [0.25, 0.3) is 0 Å². The molecule has 30 heavy (non-hydrogen) atoms. The van der Waals surface area contributed by atoms with Crippen molar-refractivity contribution in [2.24, 2.45) is 5.92 Å². The van der Waals surface area contributed by atoms with Crippen LogP contribution < -0.4 is 5.32 Å². The molecule has 0 spiro atoms. The van der Waals surface area contributed by atoms with Crippen molar-refractivity contribution in [2.45, 2.75) is 44.4 Å². The first kappa shape index (κ1) is 21.6. The maximum atomic E-state index is 12.8. The van der Waals surface area contributed by atoms with E-state index in [0.717, 1.165) is 56.6 Å². The number of nitrogens with zero attached hydrogens (tertiary/aromatic N) is 2. The van der Waals surface area contributed by atoms with Crippen LogP contribution in [0, 0.1) is 5.92 Å². The quantitative estimate of drug-likeness (QED) is 0.700. The van der Waals surface area contributed by atoms with E-state index in [-0.39, 0.29) is 24.0 Å². The molecular weight excluding hydrogens is 421 g/mol. The summed E-state index contributed by atoms with van der Waals surface area (Å²) in [6.45, 7) is 3.37. The Bertz CT molecular complexity index is 859. The van der Waals surface area contributed by atoms with E-state index in [1.165, 1.54) is 0 Å². The van der Waals surface area contributed by atoms with E-state index < -0.39 is 0 Å². The van der Waals surface area contributed by atoms with Gasteiger partial charge in [0, 0.05) is 25.9 Å². The number of carbonyl (C=O) groups excluding carboxylic acids is 1. The van der Waals surface area contributed by atoms with Gasteiger partial charge < -0.3 is 10.1 Å². The van der Waals surface area contributed by atoms with Gasteiger partial charge >= 0.3 is 0 Å². The Balaban J connectivity index is 1.48. The lowest BCUT2D eigenvalue weighted by Gasteiger charge is -2.37. The first-order valence-electron chi connectivity index (χ1n) is 10.6. The number of aromatic nitrogens is 1. The number of halogens is 2. The second-order valence-corrected chi connectivity index (χ2v) is 8.94. The minimum atomic E-state index is -0.341. The number of pyridine rings is 1. The third-order valence-corrected chi connectivity index (χ3v) is 6.67. The molecule has 2 saturated heterocycles. The van der Waals surface area contributed by atoms with Crippen LogP contribution in [0.5, 0.6) is 0 Å². The molecule has 1 aromatic heterocycles. The van der Waals surface area contributed by atoms with E-state index in [9.17, 15) is 4.79 Å². The van der Waals surface area contributed by atoms with Gasteiger partial charge in [-0.2, -0.15) is 0 Å². The molecule has 160 valence electrons. The van der Waals surface area contributed by atoms with Crippen molar-refractivity contribution in [2.75, 3.05) is 19.7 Å². The van der Waals surface area contributed by atoms with E-state index in [2.05, 4.69) is 15.2 Å². The van der Waals surface area contributed by atoms with E-state index in [0.29, 0.717) is 16.7 Å². The molecular formula is C23H27Cl2N3O2. The fourth-order valence-electron chi connectivity index (χ4n) is 4.43. The number of carbonyl (C=O) groups is 1. The van der Waals surface area contributed by atoms with Gasteiger partial charge in [0.1, 0.15) is 6.10 Å². The highest BCUT2D eigenvalue weighted by atomic mass is 35.5. The molecule has 3 atom stereocenters. The molecule has 1 aromatic carbocycles. The molecule has 0 bridgehead atoms. The Labute approximate surface area is 187 Å². The Hall–Kier alpha value is -1.66. The van der Waals surface area contributed by atoms with Crippen molar-refractivity contribution in [1.82, 2.24) is 15.2 Å². The Kier molecular flexibility index (Phi) is 7.26. The van der Waals surface area contributed by atoms with Gasteiger partial charge in [0.15, 0.2) is 0 Å². The zero-order chi connectivity index (χ0) is 20.9. The standard InChI is InChI=1S/C23H27Cl2N3O2/c24-18-9-8-16(13-19(18)25)14-28-11-3-5-17(15-28)22(20-6-1-2-10-26-20)27-23(29)21-7-4-12-30-21/h1-2,6,8-10,13,17,21-22H,3-5,7,11-12,14-15H2,(H,27,29)/t17-,21+,22-/m1/s1. The van der Waals surface area contributed by atoms with Crippen LogP contribution in [-0.4, -0.2) is 41.6 Å². The summed E-state index contributed by atoms with van der Waals surface area (Å²) in [7, 11) is 0. The SMILES string of the molecule is O=C(N[C@@H](c1ccccn1)[C@@H]1CCCN(Cc2ccc(Cl)c(Cl)c2)C1)[C@@H]1CCCO1. The molecule has 5 nitrogen and oxygen atoms in total. The smallest absolute Gasteiger partial charge is 0.249 e. The number of benzene rings is 1. The Morgan fingerprint density at radius 1 is 1.20 bits per heavy atom. The topological polar surface area (TPSA) is 54.5 Å². The maximum Gasteiger partial charge on any atom is 0.249 e. The lowest BCUT2D eigenvalue weighted by atomic mass is 9.88. The van der Waals surface area contributed by atoms with E-state index in [1.807, 2.05) is 36.4 Å². The van der Waals surface area contributed by atoms with Crippen molar-refractivity contribution in [3.05, 3.63) is 63.9 Å². The minimum absolute atomic E-state index is 0.0234. The van der Waals surface area contributed by atoms with E-state index >= 15 is 0 Å². The average Bonchev–Trinajstić information content (AvgIpc) is 3.30. The highest BCUT2D eigenvalue weighted by Crippen LogP contribution is 2.31. The predicted octanol–water partition coefficient (Wildman–Crippen LogP) is 4.64. The van der Waals surface area contributed by atoms with Crippen molar-refractivity contribution in [3.8, 4) is 0 Å². The van der Waals surface area contributed by atoms with Crippen LogP contribution in [0.15, 0.2) is 42.6 Å². The number of ether oxygens (including phenoxy) is 1. The molecule has 4 rings (SSSR count). The molecule has 1 N–H and O–H groups in total. The zero-order valence-corrected chi connectivity index (χ0v) is 18.4. The van der Waals surface area contributed by atoms with Crippen LogP contribution in [-0.2, 0) is 16.1 Å². The van der Waals surface area contributed by atoms with Crippen LogP contribution >= 0.6 is 23.2 Å². The predicted molar refractivity (Wildman–Crippen MR) is 119 cm³/mol. The van der Waals surface area contributed by atoms with Crippen molar-refractivity contribution >= 4 is 29.1 Å². The molecule has 0 unspecified atom stereocenters. The summed E-state index contributed by atoms with van der Waals surface area (Å²) in [4.78, 5) is 19.8. The van der Waals surface area contributed by atoms with Crippen molar-refractivity contribution in [1.29, 1.82) is 0 Å². The minimum Gasteiger partial charge on any atom is -0.368 e. The van der Waals surface area contributed by atoms with Gasteiger partial charge in [-0.1, -0.05) is 35.3 Å². The molecule has 3 heterocycles. The lowest BCUT2D eigenvalue weighted by Crippen LogP contribution is -2.45. The number of amides is 1. The second kappa shape index (κ2) is 10.1. The molecule has 2 aliphatic heterocycles. The van der Waals surface area contributed by atoms with Gasteiger partial charge in [-0.3, -0.25) is 14.7 Å². The van der Waals surface area contributed by atoms with Gasteiger partial charge in [0.2, 0.25) is 5.91 Å². The first-order valence-corrected chi connectivity index (χ1v) is 11.3. The summed E-state index contributed by atoms with van der Waals surface area (Å²) >= 11 is 12.2. The number of rotatable bonds is 6. The van der Waals surface area contributed by atoms with Crippen molar-refractivity contribution < 1.29 is 9.53 Å². The van der Waals surface area contributed by atoms with Crippen LogP contribution in [0.1, 0.15) is 43.0 Å². The largest absolute Gasteiger partial charge is 0.368 e. The average molecular weight is 448 g/mol. The van der Waals surface area contributed by atoms with E-state index in [4.69, 9.17) is 27.9 Å². The summed E-state index contributed by atoms with van der Waals surface area (Å²) in [5.41, 5.74) is 2.05. The number of piperidine rings is 1. The lowest BCUT2D eigenvalue weighted by molar-refractivity contribution is -0.131. The number of hydrogen-bond donors (Lipinski definition) is 1. The van der Waals surface area contributed by atoms with Gasteiger partial charge in [-0.15, -0.1) is 0 Å². The Morgan fingerprint density at radius 3 is 2.83 bits per heavy atom. The molecule has 1 amide bonds. The van der Waals surface area contributed by atoms with Crippen LogP contribution in [0.3, 0.4) is 0 Å². The van der Waals surface area contributed by atoms with Gasteiger partial charge in [-0.05, 0) is 68.0 Å². The normalized spacial score (nSPS) is 23.3. The third kappa shape index (κ3) is 5.33. The molecule has 2 aromatic rings. The molecule has 0 aliphatic carbocycles. The molecule has 0 saturated carbocycles. The summed E-state index contributed by atoms with van der Waals surface area (Å²) in [5, 5.41) is 4.41. The fourth-order valence-corrected chi connectivity index (χ4v) is 4.75. The number of likely N-dealkylation sites (tertiary alicyclic amines) is 1. The van der Waals surface area contributed by atoms with Crippen LogP contribution in [0.25, 0.3) is 0 Å². The second-order valence-electron chi connectivity index (χ2n) is 8.13. The highest BCUT2D eigenvalue weighted by molar-refractivity contribution is 6.42. The third-order valence-electron chi connectivity index (χ3n) is 5.93. The summed E-state index contributed by atoms with van der Waals surface area (Å²) in [6, 6.07) is 11.6. The molecule has 2 aliphatic rings. The Morgan fingerprint density at radius 2 is 2.10 bits per heavy atom. The molecule has 7 heteroatoms. The molecule has 0 radical (unpaired) electrons. The van der Waals surface area contributed by atoms with Gasteiger partial charge in [0.05, 0.1) is 21.8 Å². The summed E-state index contributed by atoms with van der Waals surface area (Å²) < 4.78 is 5.59. The number of hydrogen-bond acceptors (Lipinski definition) is 4. The zero-order valence-electron chi connectivity index (χ0n) is 16.9. The van der Waals surface area contributed by atoms with Crippen LogP contribution in [0.2, 0.25) is 10.0 Å². The highest BCUT2D eigenvalue weighted by Gasteiger charge is 2.33. The van der Waals surface area contributed by atoms with Crippen LogP contribution in [0.4, 0.5) is 0 Å². The van der Waals surface area contributed by atoms with Gasteiger partial charge in [-0.25, -0.2) is 0 Å². The summed E-state index contributed by atoms with van der Waals surface area (Å²) in [5.74, 6) is 0.256. The first-order chi connectivity index (χ1) is 14.6.